The molecule has 1 aliphatic rings. The summed E-state index contributed by atoms with van der Waals surface area (Å²) in [7, 11) is 1.73. The van der Waals surface area contributed by atoms with E-state index >= 15 is 0 Å². The molecule has 3 N–H and O–H groups in total. The van der Waals surface area contributed by atoms with Gasteiger partial charge in [0.25, 0.3) is 0 Å². The van der Waals surface area contributed by atoms with E-state index in [1.165, 1.54) is 12.8 Å². The van der Waals surface area contributed by atoms with Gasteiger partial charge in [0.15, 0.2) is 5.96 Å². The zero-order valence-corrected chi connectivity index (χ0v) is 13.8. The van der Waals surface area contributed by atoms with Gasteiger partial charge in [-0.05, 0) is 43.4 Å². The molecule has 0 atom stereocenters. The maximum absolute atomic E-state index is 11.9. The molecule has 1 aliphatic carbocycles. The van der Waals surface area contributed by atoms with Crippen molar-refractivity contribution in [3.05, 3.63) is 28.8 Å². The zero-order chi connectivity index (χ0) is 15.9. The molecule has 0 spiro atoms. The van der Waals surface area contributed by atoms with Gasteiger partial charge in [-0.15, -0.1) is 0 Å². The summed E-state index contributed by atoms with van der Waals surface area (Å²) in [5.74, 6) is 1.45. The lowest BCUT2D eigenvalue weighted by atomic mass is 10.2. The number of benzene rings is 1. The minimum Gasteiger partial charge on any atom is -0.356 e. The van der Waals surface area contributed by atoms with Crippen LogP contribution in [0, 0.1) is 12.8 Å². The summed E-state index contributed by atoms with van der Waals surface area (Å²) in [4.78, 5) is 16.1. The summed E-state index contributed by atoms with van der Waals surface area (Å²) in [5.41, 5.74) is 1.71. The number of rotatable bonds is 6. The molecule has 0 aromatic heterocycles. The number of nitrogens with zero attached hydrogens (tertiary/aromatic N) is 1. The van der Waals surface area contributed by atoms with E-state index in [1.54, 1.807) is 7.05 Å². The highest BCUT2D eigenvalue weighted by atomic mass is 35.5. The lowest BCUT2D eigenvalue weighted by Gasteiger charge is -2.12. The smallest absolute Gasteiger partial charge is 0.226 e. The van der Waals surface area contributed by atoms with Gasteiger partial charge in [-0.3, -0.25) is 9.79 Å². The third-order valence-corrected chi connectivity index (χ3v) is 3.83. The summed E-state index contributed by atoms with van der Waals surface area (Å²) in [6.07, 6.45) is 2.95. The molecule has 0 radical (unpaired) electrons. The Morgan fingerprint density at radius 2 is 2.14 bits per heavy atom. The van der Waals surface area contributed by atoms with Crippen molar-refractivity contribution in [3.63, 3.8) is 0 Å². The van der Waals surface area contributed by atoms with Crippen LogP contribution in [0.25, 0.3) is 0 Å². The van der Waals surface area contributed by atoms with Crippen LogP contribution < -0.4 is 16.0 Å². The third kappa shape index (κ3) is 5.56. The van der Waals surface area contributed by atoms with Crippen molar-refractivity contribution < 1.29 is 4.79 Å². The zero-order valence-electron chi connectivity index (χ0n) is 13.1. The summed E-state index contributed by atoms with van der Waals surface area (Å²) < 4.78 is 0. The first kappa shape index (κ1) is 16.6. The maximum atomic E-state index is 11.9. The Hall–Kier alpha value is -1.75. The molecule has 0 aliphatic heterocycles. The Morgan fingerprint density at radius 3 is 2.77 bits per heavy atom. The van der Waals surface area contributed by atoms with Gasteiger partial charge >= 0.3 is 0 Å². The number of nitrogens with one attached hydrogen (secondary N) is 3. The second-order valence-corrected chi connectivity index (χ2v) is 6.01. The normalized spacial score (nSPS) is 14.6. The number of aryl methyl sites for hydroxylation is 1. The highest BCUT2D eigenvalue weighted by Crippen LogP contribution is 2.27. The van der Waals surface area contributed by atoms with Gasteiger partial charge in [0, 0.05) is 26.6 Å². The monoisotopic (exact) mass is 322 g/mol. The Labute approximate surface area is 136 Å². The van der Waals surface area contributed by atoms with Crippen LogP contribution in [0.1, 0.15) is 24.8 Å². The van der Waals surface area contributed by atoms with E-state index in [2.05, 4.69) is 20.9 Å². The van der Waals surface area contributed by atoms with E-state index in [1.807, 2.05) is 25.1 Å². The molecule has 0 bridgehead atoms. The molecule has 1 amide bonds. The van der Waals surface area contributed by atoms with Crippen molar-refractivity contribution in [2.45, 2.75) is 26.2 Å². The molecular formula is C16H23ClN4O. The maximum Gasteiger partial charge on any atom is 0.226 e. The number of amides is 1. The lowest BCUT2D eigenvalue weighted by molar-refractivity contribution is -0.116. The van der Waals surface area contributed by atoms with Crippen molar-refractivity contribution in [2.75, 3.05) is 25.5 Å². The van der Waals surface area contributed by atoms with Crippen molar-refractivity contribution >= 4 is 29.2 Å². The number of hydrogen-bond acceptors (Lipinski definition) is 2. The molecule has 5 nitrogen and oxygen atoms in total. The second-order valence-electron chi connectivity index (χ2n) is 5.60. The van der Waals surface area contributed by atoms with Crippen LogP contribution in [-0.2, 0) is 4.79 Å². The van der Waals surface area contributed by atoms with Crippen molar-refractivity contribution in [1.29, 1.82) is 0 Å². The van der Waals surface area contributed by atoms with Gasteiger partial charge in [-0.1, -0.05) is 17.7 Å². The number of carbonyl (C=O) groups excluding carboxylic acids is 1. The summed E-state index contributed by atoms with van der Waals surface area (Å²) in [6.45, 7) is 3.44. The third-order valence-electron chi connectivity index (χ3n) is 3.52. The largest absolute Gasteiger partial charge is 0.356 e. The minimum absolute atomic E-state index is 0.0732. The molecule has 6 heteroatoms. The fraction of sp³-hybridized carbons (Fsp3) is 0.500. The van der Waals surface area contributed by atoms with Crippen molar-refractivity contribution in [2.24, 2.45) is 10.9 Å². The first-order valence-electron chi connectivity index (χ1n) is 7.59. The molecule has 2 rings (SSSR count). The fourth-order valence-corrected chi connectivity index (χ4v) is 2.29. The first-order valence-corrected chi connectivity index (χ1v) is 7.97. The molecule has 1 fully saturated rings. The Kier molecular flexibility index (Phi) is 6.07. The van der Waals surface area contributed by atoms with Gasteiger partial charge in [0.2, 0.25) is 5.91 Å². The Morgan fingerprint density at radius 1 is 1.36 bits per heavy atom. The number of hydrogen-bond donors (Lipinski definition) is 3. The van der Waals surface area contributed by atoms with Crippen LogP contribution in [0.4, 0.5) is 5.69 Å². The van der Waals surface area contributed by atoms with Crippen LogP contribution in [0.5, 0.6) is 0 Å². The van der Waals surface area contributed by atoms with E-state index < -0.39 is 0 Å². The number of aliphatic imine (C=N–C) groups is 1. The molecule has 0 heterocycles. The summed E-state index contributed by atoms with van der Waals surface area (Å²) in [6, 6.07) is 5.57. The topological polar surface area (TPSA) is 65.5 Å². The standard InChI is InChI=1S/C16H23ClN4O/c1-11-3-6-14(13(17)9-11)21-15(22)7-8-19-16(18-2)20-10-12-4-5-12/h3,6,9,12H,4-5,7-8,10H2,1-2H3,(H,21,22)(H2,18,19,20). The van der Waals surface area contributed by atoms with E-state index in [9.17, 15) is 4.79 Å². The van der Waals surface area contributed by atoms with Gasteiger partial charge < -0.3 is 16.0 Å². The highest BCUT2D eigenvalue weighted by molar-refractivity contribution is 6.33. The number of anilines is 1. The summed E-state index contributed by atoms with van der Waals surface area (Å²) >= 11 is 6.10. The van der Waals surface area contributed by atoms with Crippen molar-refractivity contribution in [3.8, 4) is 0 Å². The van der Waals surface area contributed by atoms with E-state index in [0.29, 0.717) is 23.7 Å². The summed E-state index contributed by atoms with van der Waals surface area (Å²) in [5, 5.41) is 9.77. The number of carbonyl (C=O) groups is 1. The highest BCUT2D eigenvalue weighted by Gasteiger charge is 2.21. The van der Waals surface area contributed by atoms with Gasteiger partial charge in [0.05, 0.1) is 10.7 Å². The SMILES string of the molecule is CN=C(NCCC(=O)Nc1ccc(C)cc1Cl)NCC1CC1. The Balaban J connectivity index is 1.70. The van der Waals surface area contributed by atoms with Crippen LogP contribution in [0.2, 0.25) is 5.02 Å². The van der Waals surface area contributed by atoms with Gasteiger partial charge in [-0.25, -0.2) is 0 Å². The predicted octanol–water partition coefficient (Wildman–Crippen LogP) is 2.55. The van der Waals surface area contributed by atoms with E-state index in [0.717, 1.165) is 24.0 Å². The van der Waals surface area contributed by atoms with E-state index in [-0.39, 0.29) is 5.91 Å². The predicted molar refractivity (Wildman–Crippen MR) is 91.5 cm³/mol. The number of halogens is 1. The average Bonchev–Trinajstić information content (AvgIpc) is 3.30. The molecule has 120 valence electrons. The molecule has 0 unspecified atom stereocenters. The fourth-order valence-electron chi connectivity index (χ4n) is 2.01. The van der Waals surface area contributed by atoms with Gasteiger partial charge in [-0.2, -0.15) is 0 Å². The van der Waals surface area contributed by atoms with Crippen LogP contribution in [0.15, 0.2) is 23.2 Å². The molecule has 1 saturated carbocycles. The average molecular weight is 323 g/mol. The van der Waals surface area contributed by atoms with Crippen LogP contribution in [-0.4, -0.2) is 32.0 Å². The van der Waals surface area contributed by atoms with Gasteiger partial charge in [0.1, 0.15) is 0 Å². The van der Waals surface area contributed by atoms with Crippen LogP contribution >= 0.6 is 11.6 Å². The first-order chi connectivity index (χ1) is 10.6. The van der Waals surface area contributed by atoms with Crippen LogP contribution in [0.3, 0.4) is 0 Å². The minimum atomic E-state index is -0.0732. The molecule has 1 aromatic carbocycles. The van der Waals surface area contributed by atoms with Crippen molar-refractivity contribution in [1.82, 2.24) is 10.6 Å². The molecule has 22 heavy (non-hydrogen) atoms. The quantitative estimate of drug-likeness (QED) is 0.557. The molecule has 0 saturated heterocycles. The lowest BCUT2D eigenvalue weighted by Crippen LogP contribution is -2.39. The molecular weight excluding hydrogens is 300 g/mol. The van der Waals surface area contributed by atoms with E-state index in [4.69, 9.17) is 11.6 Å². The molecule has 1 aromatic rings. The number of guanidine groups is 1. The Bertz CT molecular complexity index is 555. The second kappa shape index (κ2) is 8.03.